The number of Topliss-reactive ketones (excluding diaryl/α,β-unsaturated/α-hetero) is 3. The molecule has 2 aromatic rings. The summed E-state index contributed by atoms with van der Waals surface area (Å²) in [6, 6.07) is 10.7. The molecule has 0 radical (unpaired) electrons. The van der Waals surface area contributed by atoms with E-state index in [0.29, 0.717) is 49.8 Å². The Balaban J connectivity index is 1.28. The number of likely N-dealkylation sites (tertiary alicyclic amines) is 1. The molecule has 2 fully saturated rings. The fraction of sp³-hybridized carbons (Fsp3) is 0.512. The zero-order valence-electron chi connectivity index (χ0n) is 32.7. The van der Waals surface area contributed by atoms with E-state index in [2.05, 4.69) is 20.1 Å². The summed E-state index contributed by atoms with van der Waals surface area (Å²) in [6.07, 6.45) is 1.00. The lowest BCUT2D eigenvalue weighted by Gasteiger charge is -2.29. The molecule has 1 aliphatic heterocycles. The SMILES string of the molecule is COC(=O)N[C@H](C(=O)C1CCC[C@H]1C(=O)OCC(=O)c1ccc(-c2ccc(C(=O)COC(=O)[C@@H]3CCCN3C(=O)[C@@H](NC(=O)OC)C(C)C)cc2)cc1)C(C)C. The number of benzene rings is 2. The number of alkyl carbamates (subject to hydrolysis) is 2. The third-order valence-electron chi connectivity index (χ3n) is 10.3. The summed E-state index contributed by atoms with van der Waals surface area (Å²) < 4.78 is 20.0. The van der Waals surface area contributed by atoms with Crippen molar-refractivity contribution in [3.05, 3.63) is 59.7 Å². The average Bonchev–Trinajstić information content (AvgIpc) is 3.90. The first kappa shape index (κ1) is 43.1. The van der Waals surface area contributed by atoms with E-state index in [1.54, 1.807) is 76.2 Å². The van der Waals surface area contributed by atoms with Crippen LogP contribution < -0.4 is 10.6 Å². The minimum Gasteiger partial charge on any atom is -0.457 e. The van der Waals surface area contributed by atoms with Crippen LogP contribution in [0.3, 0.4) is 0 Å². The molecular weight excluding hydrogens is 726 g/mol. The first-order chi connectivity index (χ1) is 26.7. The fourth-order valence-electron chi connectivity index (χ4n) is 7.06. The average molecular weight is 778 g/mol. The lowest BCUT2D eigenvalue weighted by Crippen LogP contribution is -2.54. The normalized spacial score (nSPS) is 18.8. The van der Waals surface area contributed by atoms with E-state index in [4.69, 9.17) is 9.47 Å². The van der Waals surface area contributed by atoms with Crippen molar-refractivity contribution in [1.82, 2.24) is 15.5 Å². The second kappa shape index (κ2) is 19.8. The second-order valence-corrected chi connectivity index (χ2v) is 14.7. The molecule has 2 N–H and O–H groups in total. The minimum atomic E-state index is -0.893. The van der Waals surface area contributed by atoms with Crippen LogP contribution in [0.25, 0.3) is 11.1 Å². The van der Waals surface area contributed by atoms with Crippen LogP contribution in [0.15, 0.2) is 48.5 Å². The van der Waals surface area contributed by atoms with Gasteiger partial charge in [-0.3, -0.25) is 24.0 Å². The molecule has 2 aromatic carbocycles. The van der Waals surface area contributed by atoms with Crippen LogP contribution in [0.4, 0.5) is 9.59 Å². The Kier molecular flexibility index (Phi) is 15.3. The number of methoxy groups -OCH3 is 2. The van der Waals surface area contributed by atoms with Gasteiger partial charge in [0.1, 0.15) is 12.1 Å². The molecule has 1 saturated heterocycles. The maximum absolute atomic E-state index is 13.3. The number of esters is 2. The quantitative estimate of drug-likeness (QED) is 0.137. The van der Waals surface area contributed by atoms with E-state index in [-0.39, 0.29) is 17.6 Å². The van der Waals surface area contributed by atoms with Crippen molar-refractivity contribution in [3.8, 4) is 11.1 Å². The van der Waals surface area contributed by atoms with E-state index in [1.165, 1.54) is 19.1 Å². The number of hydrogen-bond donors (Lipinski definition) is 2. The molecule has 15 heteroatoms. The third-order valence-corrected chi connectivity index (χ3v) is 10.3. The van der Waals surface area contributed by atoms with Crippen molar-refractivity contribution in [1.29, 1.82) is 0 Å². The minimum absolute atomic E-state index is 0.223. The number of rotatable bonds is 16. The van der Waals surface area contributed by atoms with E-state index in [0.717, 1.165) is 11.1 Å². The number of amides is 3. The molecule has 15 nitrogen and oxygen atoms in total. The molecule has 4 rings (SSSR count). The zero-order chi connectivity index (χ0) is 41.1. The van der Waals surface area contributed by atoms with Crippen molar-refractivity contribution < 1.29 is 57.3 Å². The molecule has 1 unspecified atom stereocenters. The molecule has 3 amide bonds. The molecule has 1 saturated carbocycles. The lowest BCUT2D eigenvalue weighted by molar-refractivity contribution is -0.153. The van der Waals surface area contributed by atoms with Gasteiger partial charge in [-0.15, -0.1) is 0 Å². The number of nitrogens with zero attached hydrogens (tertiary/aromatic N) is 1. The Labute approximate surface area is 326 Å². The van der Waals surface area contributed by atoms with Gasteiger partial charge in [0, 0.05) is 23.6 Å². The maximum Gasteiger partial charge on any atom is 0.407 e. The molecule has 302 valence electrons. The third kappa shape index (κ3) is 10.8. The highest BCUT2D eigenvalue weighted by atomic mass is 16.5. The molecule has 0 bridgehead atoms. The molecule has 0 spiro atoms. The second-order valence-electron chi connectivity index (χ2n) is 14.7. The predicted molar refractivity (Wildman–Crippen MR) is 201 cm³/mol. The molecule has 1 heterocycles. The summed E-state index contributed by atoms with van der Waals surface area (Å²) in [7, 11) is 2.41. The van der Waals surface area contributed by atoms with Crippen LogP contribution in [0.1, 0.15) is 80.5 Å². The lowest BCUT2D eigenvalue weighted by atomic mass is 9.84. The van der Waals surface area contributed by atoms with Crippen molar-refractivity contribution in [2.75, 3.05) is 34.0 Å². The van der Waals surface area contributed by atoms with E-state index in [9.17, 15) is 38.4 Å². The van der Waals surface area contributed by atoms with Gasteiger partial charge in [0.05, 0.1) is 26.2 Å². The highest BCUT2D eigenvalue weighted by molar-refractivity contribution is 6.00. The van der Waals surface area contributed by atoms with Crippen LogP contribution in [-0.2, 0) is 38.1 Å². The van der Waals surface area contributed by atoms with E-state index in [1.807, 2.05) is 0 Å². The Morgan fingerprint density at radius 3 is 1.57 bits per heavy atom. The molecule has 56 heavy (non-hydrogen) atoms. The first-order valence-electron chi connectivity index (χ1n) is 18.8. The Morgan fingerprint density at radius 1 is 0.625 bits per heavy atom. The molecule has 1 aliphatic carbocycles. The fourth-order valence-corrected chi connectivity index (χ4v) is 7.06. The van der Waals surface area contributed by atoms with Gasteiger partial charge >= 0.3 is 24.1 Å². The maximum atomic E-state index is 13.3. The monoisotopic (exact) mass is 777 g/mol. The highest BCUT2D eigenvalue weighted by Crippen LogP contribution is 2.35. The highest BCUT2D eigenvalue weighted by Gasteiger charge is 2.43. The zero-order valence-corrected chi connectivity index (χ0v) is 32.7. The number of hydrogen-bond acceptors (Lipinski definition) is 12. The van der Waals surface area contributed by atoms with Gasteiger partial charge in [-0.2, -0.15) is 0 Å². The van der Waals surface area contributed by atoms with Crippen LogP contribution >= 0.6 is 0 Å². The summed E-state index contributed by atoms with van der Waals surface area (Å²) in [4.78, 5) is 103. The smallest absolute Gasteiger partial charge is 0.407 e. The van der Waals surface area contributed by atoms with Gasteiger partial charge < -0.3 is 34.5 Å². The van der Waals surface area contributed by atoms with Gasteiger partial charge in [0.15, 0.2) is 30.6 Å². The van der Waals surface area contributed by atoms with Gasteiger partial charge in [-0.1, -0.05) is 82.6 Å². The van der Waals surface area contributed by atoms with Gasteiger partial charge in [-0.05, 0) is 48.6 Å². The summed E-state index contributed by atoms with van der Waals surface area (Å²) in [5.41, 5.74) is 2.13. The number of nitrogens with one attached hydrogen (secondary N) is 2. The topological polar surface area (TPSA) is 201 Å². The summed E-state index contributed by atoms with van der Waals surface area (Å²) in [5, 5.41) is 5.08. The molecular formula is C41H51N3O12. The van der Waals surface area contributed by atoms with Crippen LogP contribution in [0.2, 0.25) is 0 Å². The number of carbonyl (C=O) groups excluding carboxylic acids is 8. The Hall–Kier alpha value is -5.60. The predicted octanol–water partition coefficient (Wildman–Crippen LogP) is 4.54. The van der Waals surface area contributed by atoms with Crippen LogP contribution in [0.5, 0.6) is 0 Å². The van der Waals surface area contributed by atoms with Crippen LogP contribution in [0, 0.1) is 23.7 Å². The summed E-state index contributed by atoms with van der Waals surface area (Å²) >= 11 is 0. The first-order valence-corrected chi connectivity index (χ1v) is 18.8. The summed E-state index contributed by atoms with van der Waals surface area (Å²) in [6.45, 7) is 6.41. The van der Waals surface area contributed by atoms with Gasteiger partial charge in [-0.25, -0.2) is 14.4 Å². The van der Waals surface area contributed by atoms with E-state index < -0.39 is 84.8 Å². The largest absolute Gasteiger partial charge is 0.457 e. The van der Waals surface area contributed by atoms with E-state index >= 15 is 0 Å². The molecule has 2 aliphatic rings. The Bertz CT molecular complexity index is 1640. The van der Waals surface area contributed by atoms with Crippen LogP contribution in [-0.4, -0.2) is 104 Å². The number of carbonyl (C=O) groups is 8. The molecule has 0 aromatic heterocycles. The van der Waals surface area contributed by atoms with Crippen molar-refractivity contribution in [2.45, 2.75) is 77.9 Å². The summed E-state index contributed by atoms with van der Waals surface area (Å²) in [5.74, 6) is -4.71. The Morgan fingerprint density at radius 2 is 1.09 bits per heavy atom. The molecule has 5 atom stereocenters. The van der Waals surface area contributed by atoms with Crippen molar-refractivity contribution in [2.24, 2.45) is 23.7 Å². The van der Waals surface area contributed by atoms with Gasteiger partial charge in [0.2, 0.25) is 5.91 Å². The number of ether oxygens (including phenoxy) is 4. The standard InChI is InChI=1S/C41H51N3O12/c1-23(2)34(42-40(51)53-5)36(47)29-9-7-10-30(29)38(49)55-21-32(45)27-16-12-25(13-17-27)26-14-18-28(19-15-26)33(46)22-56-39(50)31-11-8-20-44(31)37(48)35(24(3)4)43-41(52)54-6/h12-19,23-24,29-31,34-35H,7-11,20-22H2,1-6H3,(H,42,51)(H,43,52)/t29?,30-,31+,34+,35+/m1/s1. The number of ketones is 3. The van der Waals surface area contributed by atoms with Crippen molar-refractivity contribution >= 4 is 47.4 Å². The van der Waals surface area contributed by atoms with Crippen molar-refractivity contribution in [3.63, 3.8) is 0 Å². The van der Waals surface area contributed by atoms with Gasteiger partial charge in [0.25, 0.3) is 0 Å².